The molecule has 8 heteroatoms. The van der Waals surface area contributed by atoms with Crippen molar-refractivity contribution in [1.82, 2.24) is 10.2 Å². The molecule has 2 aromatic carbocycles. The quantitative estimate of drug-likeness (QED) is 0.251. The van der Waals surface area contributed by atoms with Crippen molar-refractivity contribution in [3.05, 3.63) is 82.9 Å². The Morgan fingerprint density at radius 3 is 2.26 bits per heavy atom. The zero-order valence-electron chi connectivity index (χ0n) is 21.1. The van der Waals surface area contributed by atoms with E-state index in [0.29, 0.717) is 17.1 Å². The fraction of sp³-hybridized carbons (Fsp3) is 0.400. The van der Waals surface area contributed by atoms with Crippen molar-refractivity contribution < 1.29 is 19.4 Å². The van der Waals surface area contributed by atoms with Crippen molar-refractivity contribution in [3.8, 4) is 11.1 Å². The van der Waals surface area contributed by atoms with Gasteiger partial charge in [0.25, 0.3) is 5.91 Å². The van der Waals surface area contributed by atoms with Crippen molar-refractivity contribution in [2.75, 3.05) is 19.6 Å². The molecule has 5 rings (SSSR count). The van der Waals surface area contributed by atoms with E-state index in [2.05, 4.69) is 10.2 Å². The minimum atomic E-state index is -1.01. The number of carbonyl (C=O) groups excluding carboxylic acids is 2. The molecule has 6 nitrogen and oxygen atoms in total. The predicted octanol–water partition coefficient (Wildman–Crippen LogP) is 4.78. The Kier molecular flexibility index (Phi) is 8.66. The number of rotatable bonds is 10. The van der Waals surface area contributed by atoms with Crippen LogP contribution in [0.15, 0.2) is 72.3 Å². The molecule has 2 aromatic rings. The van der Waals surface area contributed by atoms with Gasteiger partial charge in [0.05, 0.1) is 23.6 Å². The Morgan fingerprint density at radius 2 is 1.66 bits per heavy atom. The first-order valence-corrected chi connectivity index (χ1v) is 14.0. The van der Waals surface area contributed by atoms with Crippen molar-refractivity contribution in [2.45, 2.75) is 55.4 Å². The van der Waals surface area contributed by atoms with Gasteiger partial charge >= 0.3 is 0 Å². The van der Waals surface area contributed by atoms with Gasteiger partial charge in [-0.2, -0.15) is 0 Å². The number of likely N-dealkylation sites (tertiary alicyclic amines) is 1. The van der Waals surface area contributed by atoms with E-state index in [9.17, 15) is 14.7 Å². The molecule has 2 unspecified atom stereocenters. The maximum absolute atomic E-state index is 13.1. The third kappa shape index (κ3) is 6.74. The highest BCUT2D eigenvalue weighted by molar-refractivity contribution is 6.42. The van der Waals surface area contributed by atoms with Crippen LogP contribution in [-0.4, -0.2) is 71.1 Å². The summed E-state index contributed by atoms with van der Waals surface area (Å²) < 4.78 is 5.92. The average molecular weight is 556 g/mol. The molecule has 1 saturated heterocycles. The number of benzene rings is 2. The third-order valence-corrected chi connectivity index (χ3v) is 7.87. The summed E-state index contributed by atoms with van der Waals surface area (Å²) in [6.45, 7) is 2.23. The van der Waals surface area contributed by atoms with E-state index < -0.39 is 29.2 Å². The SMILES string of the molecule is O=C(N[C@H](CN1CCCC1)[C@H](O)C1=CC(Cl)C(OC2CC2)C=C1)C(=O)c1ccc(-c2ccc(Cl)cc2)cc1. The monoisotopic (exact) mass is 554 g/mol. The standard InChI is InChI=1S/C30H32Cl2N2O4/c31-23-10-7-20(8-11-23)19-3-5-21(6-4-19)29(36)30(37)33-26(18-34-15-1-2-16-34)28(35)22-9-14-27(25(32)17-22)38-24-12-13-24/h3-11,14,17,24-28,35H,1-2,12-13,15-16,18H2,(H,33,37)/t25?,26-,27?,28-/m1/s1. The minimum Gasteiger partial charge on any atom is -0.386 e. The Labute approximate surface area is 233 Å². The van der Waals surface area contributed by atoms with Crippen LogP contribution in [0.3, 0.4) is 0 Å². The minimum absolute atomic E-state index is 0.232. The molecule has 0 spiro atoms. The second kappa shape index (κ2) is 12.1. The zero-order chi connectivity index (χ0) is 26.6. The Hall–Kier alpha value is -2.48. The third-order valence-electron chi connectivity index (χ3n) is 7.24. The van der Waals surface area contributed by atoms with E-state index >= 15 is 0 Å². The van der Waals surface area contributed by atoms with E-state index in [-0.39, 0.29) is 17.8 Å². The molecule has 1 saturated carbocycles. The lowest BCUT2D eigenvalue weighted by atomic mass is 9.95. The van der Waals surface area contributed by atoms with Gasteiger partial charge in [0.15, 0.2) is 0 Å². The van der Waals surface area contributed by atoms with E-state index in [1.54, 1.807) is 42.5 Å². The van der Waals surface area contributed by atoms with Gasteiger partial charge in [0.2, 0.25) is 5.78 Å². The summed E-state index contributed by atoms with van der Waals surface area (Å²) in [6.07, 6.45) is 8.74. The van der Waals surface area contributed by atoms with Crippen molar-refractivity contribution >= 4 is 34.9 Å². The molecule has 38 heavy (non-hydrogen) atoms. The summed E-state index contributed by atoms with van der Waals surface area (Å²) in [4.78, 5) is 28.3. The summed E-state index contributed by atoms with van der Waals surface area (Å²) in [5.41, 5.74) is 2.77. The summed E-state index contributed by atoms with van der Waals surface area (Å²) >= 11 is 12.5. The van der Waals surface area contributed by atoms with Gasteiger partial charge in [-0.3, -0.25) is 9.59 Å². The van der Waals surface area contributed by atoms with Crippen molar-refractivity contribution in [1.29, 1.82) is 0 Å². The first-order valence-electron chi connectivity index (χ1n) is 13.2. The maximum Gasteiger partial charge on any atom is 0.292 e. The molecule has 2 fully saturated rings. The first-order chi connectivity index (χ1) is 18.4. The number of nitrogens with zero attached hydrogens (tertiary/aromatic N) is 1. The fourth-order valence-electron chi connectivity index (χ4n) is 4.91. The summed E-state index contributed by atoms with van der Waals surface area (Å²) in [5.74, 6) is -1.39. The molecule has 0 aromatic heterocycles. The molecule has 200 valence electrons. The van der Waals surface area contributed by atoms with Gasteiger partial charge in [0.1, 0.15) is 6.10 Å². The van der Waals surface area contributed by atoms with Gasteiger partial charge in [-0.15, -0.1) is 11.6 Å². The number of hydrogen-bond acceptors (Lipinski definition) is 5. The van der Waals surface area contributed by atoms with E-state index in [4.69, 9.17) is 27.9 Å². The number of nitrogens with one attached hydrogen (secondary N) is 1. The number of ether oxygens (including phenoxy) is 1. The second-order valence-corrected chi connectivity index (χ2v) is 11.2. The predicted molar refractivity (Wildman–Crippen MR) is 150 cm³/mol. The van der Waals surface area contributed by atoms with E-state index in [1.165, 1.54) is 0 Å². The van der Waals surface area contributed by atoms with E-state index in [1.807, 2.05) is 24.3 Å². The number of amides is 1. The average Bonchev–Trinajstić information content (AvgIpc) is 3.60. The summed E-state index contributed by atoms with van der Waals surface area (Å²) in [6, 6.07) is 13.6. The highest BCUT2D eigenvalue weighted by atomic mass is 35.5. The van der Waals surface area contributed by atoms with Crippen molar-refractivity contribution in [3.63, 3.8) is 0 Å². The molecule has 1 amide bonds. The van der Waals surface area contributed by atoms with Gasteiger partial charge < -0.3 is 20.1 Å². The molecule has 1 aliphatic heterocycles. The molecule has 3 aliphatic rings. The lowest BCUT2D eigenvalue weighted by molar-refractivity contribution is -0.118. The molecule has 2 N–H and O–H groups in total. The zero-order valence-corrected chi connectivity index (χ0v) is 22.6. The smallest absolute Gasteiger partial charge is 0.292 e. The molecule has 0 bridgehead atoms. The van der Waals surface area contributed by atoms with Crippen LogP contribution in [0.4, 0.5) is 0 Å². The molecule has 1 heterocycles. The highest BCUT2D eigenvalue weighted by Gasteiger charge is 2.33. The van der Waals surface area contributed by atoms with Gasteiger partial charge in [-0.05, 0) is 67.6 Å². The molecular weight excluding hydrogens is 523 g/mol. The Morgan fingerprint density at radius 1 is 1.03 bits per heavy atom. The molecule has 2 aliphatic carbocycles. The van der Waals surface area contributed by atoms with Gasteiger partial charge in [0, 0.05) is 17.1 Å². The lowest BCUT2D eigenvalue weighted by Gasteiger charge is -2.31. The number of ketones is 1. The molecular formula is C30H32Cl2N2O4. The van der Waals surface area contributed by atoms with Crippen LogP contribution in [-0.2, 0) is 9.53 Å². The normalized spacial score (nSPS) is 23.1. The first kappa shape index (κ1) is 27.1. The van der Waals surface area contributed by atoms with Gasteiger partial charge in [-0.25, -0.2) is 0 Å². The van der Waals surface area contributed by atoms with Crippen LogP contribution < -0.4 is 5.32 Å². The Bertz CT molecular complexity index is 1200. The number of aliphatic hydroxyl groups is 1. The number of aliphatic hydroxyl groups excluding tert-OH is 1. The molecule has 4 atom stereocenters. The summed E-state index contributed by atoms with van der Waals surface area (Å²) in [5, 5.41) is 14.4. The van der Waals surface area contributed by atoms with Crippen LogP contribution in [0.1, 0.15) is 36.0 Å². The number of carbonyl (C=O) groups is 2. The van der Waals surface area contributed by atoms with Crippen molar-refractivity contribution in [2.24, 2.45) is 0 Å². The highest BCUT2D eigenvalue weighted by Crippen LogP contribution is 2.30. The second-order valence-electron chi connectivity index (χ2n) is 10.2. The van der Waals surface area contributed by atoms with Crippen LogP contribution >= 0.6 is 23.2 Å². The number of Topliss-reactive ketones (excluding diaryl/α,β-unsaturated/α-hetero) is 1. The van der Waals surface area contributed by atoms with Crippen LogP contribution in [0.25, 0.3) is 11.1 Å². The topological polar surface area (TPSA) is 78.9 Å². The van der Waals surface area contributed by atoms with Gasteiger partial charge in [-0.1, -0.05) is 66.2 Å². The van der Waals surface area contributed by atoms with Crippen LogP contribution in [0, 0.1) is 0 Å². The molecule has 0 radical (unpaired) electrons. The number of halogens is 2. The van der Waals surface area contributed by atoms with Crippen LogP contribution in [0.5, 0.6) is 0 Å². The van der Waals surface area contributed by atoms with E-state index in [0.717, 1.165) is 49.9 Å². The Balaban J connectivity index is 1.27. The number of hydrogen-bond donors (Lipinski definition) is 2. The largest absolute Gasteiger partial charge is 0.386 e. The fourth-order valence-corrected chi connectivity index (χ4v) is 5.33. The number of alkyl halides is 1. The maximum atomic E-state index is 13.1. The summed E-state index contributed by atoms with van der Waals surface area (Å²) in [7, 11) is 0. The van der Waals surface area contributed by atoms with Crippen LogP contribution in [0.2, 0.25) is 5.02 Å². The lowest BCUT2D eigenvalue weighted by Crippen LogP contribution is -2.52.